The Balaban J connectivity index is 2.48. The maximum atomic E-state index is 11.1. The van der Waals surface area contributed by atoms with Crippen molar-refractivity contribution in [3.05, 3.63) is 43.5 Å². The number of ether oxygens (including phenoxy) is 1. The molecule has 0 atom stereocenters. The Labute approximate surface area is 124 Å². The predicted molar refractivity (Wildman–Crippen MR) is 78.3 cm³/mol. The molecule has 0 saturated carbocycles. The first-order valence-corrected chi connectivity index (χ1v) is 6.73. The molecule has 0 saturated heterocycles. The topological polar surface area (TPSA) is 70.2 Å². The van der Waals surface area contributed by atoms with Crippen molar-refractivity contribution in [3.8, 4) is 11.6 Å². The van der Waals surface area contributed by atoms with Crippen molar-refractivity contribution in [1.29, 1.82) is 0 Å². The highest BCUT2D eigenvalue weighted by Crippen LogP contribution is 2.35. The van der Waals surface area contributed by atoms with Gasteiger partial charge in [-0.15, -0.1) is 0 Å². The van der Waals surface area contributed by atoms with Crippen LogP contribution in [0.2, 0.25) is 0 Å². The van der Waals surface area contributed by atoms with Crippen molar-refractivity contribution in [2.45, 2.75) is 20.8 Å². The highest BCUT2D eigenvalue weighted by Gasteiger charge is 2.26. The molecular weight excluding hydrogens is 326 g/mol. The molecule has 0 radical (unpaired) electrons. The molecule has 20 heavy (non-hydrogen) atoms. The first kappa shape index (κ1) is 14.5. The molecule has 0 aliphatic heterocycles. The van der Waals surface area contributed by atoms with Crippen LogP contribution in [0.25, 0.3) is 0 Å². The Hall–Kier alpha value is -1.89. The first-order chi connectivity index (χ1) is 9.31. The van der Waals surface area contributed by atoms with Crippen LogP contribution < -0.4 is 4.74 Å². The van der Waals surface area contributed by atoms with Crippen molar-refractivity contribution in [3.63, 3.8) is 0 Å². The number of benzene rings is 1. The lowest BCUT2D eigenvalue weighted by molar-refractivity contribution is -0.386. The van der Waals surface area contributed by atoms with Gasteiger partial charge >= 0.3 is 5.69 Å². The highest BCUT2D eigenvalue weighted by atomic mass is 79.9. The van der Waals surface area contributed by atoms with E-state index in [1.54, 1.807) is 14.0 Å². The van der Waals surface area contributed by atoms with E-state index in [4.69, 9.17) is 4.74 Å². The van der Waals surface area contributed by atoms with E-state index >= 15 is 0 Å². The number of aromatic nitrogens is 2. The van der Waals surface area contributed by atoms with Crippen LogP contribution in [-0.2, 0) is 7.05 Å². The molecule has 0 unspecified atom stereocenters. The molecule has 2 rings (SSSR count). The Morgan fingerprint density at radius 1 is 1.30 bits per heavy atom. The van der Waals surface area contributed by atoms with Gasteiger partial charge in [0.2, 0.25) is 0 Å². The van der Waals surface area contributed by atoms with Gasteiger partial charge in [0, 0.05) is 11.5 Å². The molecule has 7 heteroatoms. The molecule has 6 nitrogen and oxygen atoms in total. The van der Waals surface area contributed by atoms with Gasteiger partial charge in [0.15, 0.2) is 0 Å². The molecule has 2 aromatic rings. The van der Waals surface area contributed by atoms with E-state index in [0.29, 0.717) is 11.4 Å². The van der Waals surface area contributed by atoms with Crippen molar-refractivity contribution >= 4 is 21.6 Å². The number of aryl methyl sites for hydroxylation is 4. The van der Waals surface area contributed by atoms with Gasteiger partial charge in [0.05, 0.1) is 4.92 Å². The molecule has 0 aliphatic carbocycles. The lowest BCUT2D eigenvalue weighted by Crippen LogP contribution is -1.98. The molecule has 0 spiro atoms. The van der Waals surface area contributed by atoms with Gasteiger partial charge < -0.3 is 4.74 Å². The molecule has 0 bridgehead atoms. The van der Waals surface area contributed by atoms with Crippen molar-refractivity contribution in [2.24, 2.45) is 7.05 Å². The number of hydrogen-bond acceptors (Lipinski definition) is 4. The second kappa shape index (κ2) is 5.24. The Kier molecular flexibility index (Phi) is 3.80. The molecule has 0 N–H and O–H groups in total. The fourth-order valence-electron chi connectivity index (χ4n) is 2.03. The van der Waals surface area contributed by atoms with E-state index in [-0.39, 0.29) is 11.6 Å². The van der Waals surface area contributed by atoms with Crippen LogP contribution in [-0.4, -0.2) is 14.7 Å². The average Bonchev–Trinajstić information content (AvgIpc) is 2.61. The Bertz CT molecular complexity index is 671. The molecular formula is C13H14BrN3O3. The zero-order valence-corrected chi connectivity index (χ0v) is 13.2. The van der Waals surface area contributed by atoms with Crippen LogP contribution in [0.5, 0.6) is 11.6 Å². The molecule has 0 amide bonds. The third-order valence-electron chi connectivity index (χ3n) is 2.95. The summed E-state index contributed by atoms with van der Waals surface area (Å²) in [6.45, 7) is 5.46. The molecule has 0 aliphatic rings. The summed E-state index contributed by atoms with van der Waals surface area (Å²) in [5.41, 5.74) is 2.23. The highest BCUT2D eigenvalue weighted by molar-refractivity contribution is 9.10. The van der Waals surface area contributed by atoms with Crippen LogP contribution in [0.1, 0.15) is 16.8 Å². The van der Waals surface area contributed by atoms with E-state index < -0.39 is 4.92 Å². The minimum atomic E-state index is -0.476. The first-order valence-electron chi connectivity index (χ1n) is 5.94. The quantitative estimate of drug-likeness (QED) is 0.629. The number of halogens is 1. The molecule has 1 aromatic heterocycles. The van der Waals surface area contributed by atoms with Crippen LogP contribution in [0, 0.1) is 30.9 Å². The van der Waals surface area contributed by atoms with Gasteiger partial charge in [0.25, 0.3) is 5.88 Å². The average molecular weight is 340 g/mol. The number of rotatable bonds is 3. The maximum Gasteiger partial charge on any atom is 0.353 e. The molecule has 1 heterocycles. The minimum absolute atomic E-state index is 0.106. The third-order valence-corrected chi connectivity index (χ3v) is 4.20. The monoisotopic (exact) mass is 339 g/mol. The lowest BCUT2D eigenvalue weighted by Gasteiger charge is -2.09. The zero-order valence-electron chi connectivity index (χ0n) is 11.6. The Morgan fingerprint density at radius 3 is 2.35 bits per heavy atom. The number of nitro groups is 1. The zero-order chi connectivity index (χ0) is 15.0. The van der Waals surface area contributed by atoms with Gasteiger partial charge in [-0.2, -0.15) is 5.10 Å². The van der Waals surface area contributed by atoms with Gasteiger partial charge in [-0.25, -0.2) is 4.68 Å². The van der Waals surface area contributed by atoms with E-state index in [1.807, 2.05) is 26.0 Å². The number of hydrogen-bond donors (Lipinski definition) is 0. The summed E-state index contributed by atoms with van der Waals surface area (Å²) < 4.78 is 8.05. The SMILES string of the molecule is Cc1cc(Oc2c([N+](=O)[O-])c(C)nn2C)cc(C)c1Br. The van der Waals surface area contributed by atoms with Crippen molar-refractivity contribution < 1.29 is 9.66 Å². The number of nitrogens with zero attached hydrogens (tertiary/aromatic N) is 3. The molecule has 0 fully saturated rings. The standard InChI is InChI=1S/C13H14BrN3O3/c1-7-5-10(6-8(2)11(7)14)20-13-12(17(18)19)9(3)15-16(13)4/h5-6H,1-4H3. The Morgan fingerprint density at radius 2 is 1.85 bits per heavy atom. The molecule has 1 aromatic carbocycles. The summed E-state index contributed by atoms with van der Waals surface area (Å²) in [6, 6.07) is 3.65. The van der Waals surface area contributed by atoms with Crippen molar-refractivity contribution in [2.75, 3.05) is 0 Å². The van der Waals surface area contributed by atoms with E-state index in [2.05, 4.69) is 21.0 Å². The summed E-state index contributed by atoms with van der Waals surface area (Å²) in [7, 11) is 1.62. The van der Waals surface area contributed by atoms with Gasteiger partial charge in [0.1, 0.15) is 11.4 Å². The smallest absolute Gasteiger partial charge is 0.353 e. The fourth-order valence-corrected chi connectivity index (χ4v) is 2.26. The maximum absolute atomic E-state index is 11.1. The van der Waals surface area contributed by atoms with Crippen LogP contribution in [0.4, 0.5) is 5.69 Å². The van der Waals surface area contributed by atoms with E-state index in [0.717, 1.165) is 15.6 Å². The largest absolute Gasteiger partial charge is 0.434 e. The third kappa shape index (κ3) is 2.53. The lowest BCUT2D eigenvalue weighted by atomic mass is 10.1. The van der Waals surface area contributed by atoms with Gasteiger partial charge in [-0.3, -0.25) is 10.1 Å². The van der Waals surface area contributed by atoms with Gasteiger partial charge in [-0.1, -0.05) is 15.9 Å². The summed E-state index contributed by atoms with van der Waals surface area (Å²) in [4.78, 5) is 10.6. The van der Waals surface area contributed by atoms with E-state index in [9.17, 15) is 10.1 Å². The molecule has 106 valence electrons. The van der Waals surface area contributed by atoms with Crippen LogP contribution in [0.3, 0.4) is 0 Å². The summed E-state index contributed by atoms with van der Waals surface area (Å²) in [5, 5.41) is 15.1. The second-order valence-corrected chi connectivity index (χ2v) is 5.39. The minimum Gasteiger partial charge on any atom is -0.434 e. The second-order valence-electron chi connectivity index (χ2n) is 4.59. The van der Waals surface area contributed by atoms with Crippen LogP contribution in [0.15, 0.2) is 16.6 Å². The van der Waals surface area contributed by atoms with Crippen molar-refractivity contribution in [1.82, 2.24) is 9.78 Å². The van der Waals surface area contributed by atoms with Crippen LogP contribution >= 0.6 is 15.9 Å². The predicted octanol–water partition coefficient (Wildman–Crippen LogP) is 3.81. The van der Waals surface area contributed by atoms with Gasteiger partial charge in [-0.05, 0) is 44.0 Å². The normalized spacial score (nSPS) is 10.7. The fraction of sp³-hybridized carbons (Fsp3) is 0.308. The summed E-state index contributed by atoms with van der Waals surface area (Å²) in [5.74, 6) is 0.683. The summed E-state index contributed by atoms with van der Waals surface area (Å²) >= 11 is 3.47. The van der Waals surface area contributed by atoms with E-state index in [1.165, 1.54) is 4.68 Å². The summed E-state index contributed by atoms with van der Waals surface area (Å²) in [6.07, 6.45) is 0.